The lowest BCUT2D eigenvalue weighted by atomic mass is 9.66. The summed E-state index contributed by atoms with van der Waals surface area (Å²) in [5.41, 5.74) is -0.546. The van der Waals surface area contributed by atoms with Crippen LogP contribution < -0.4 is 0 Å². The Morgan fingerprint density at radius 2 is 1.44 bits per heavy atom. The maximum absolute atomic E-state index is 11.9. The highest BCUT2D eigenvalue weighted by atomic mass is 16.5. The molecule has 2 heteroatoms. The van der Waals surface area contributed by atoms with Gasteiger partial charge in [-0.2, -0.15) is 0 Å². The lowest BCUT2D eigenvalue weighted by Crippen LogP contribution is -2.39. The Balaban J connectivity index is 5.17. The van der Waals surface area contributed by atoms with Gasteiger partial charge >= 0.3 is 5.97 Å². The molecule has 2 nitrogen and oxygen atoms in total. The van der Waals surface area contributed by atoms with E-state index in [0.29, 0.717) is 0 Å². The first-order valence-corrected chi connectivity index (χ1v) is 6.85. The Hall–Kier alpha value is -0.790. The zero-order valence-corrected chi connectivity index (χ0v) is 13.4. The van der Waals surface area contributed by atoms with Crippen molar-refractivity contribution in [3.05, 3.63) is 12.2 Å². The van der Waals surface area contributed by atoms with Crippen molar-refractivity contribution in [2.24, 2.45) is 16.2 Å². The molecule has 0 radical (unpaired) electrons. The normalized spacial score (nSPS) is 14.0. The van der Waals surface area contributed by atoms with E-state index in [4.69, 9.17) is 4.74 Å². The lowest BCUT2D eigenvalue weighted by molar-refractivity contribution is -0.155. The summed E-state index contributed by atoms with van der Waals surface area (Å²) in [4.78, 5) is 11.9. The molecule has 0 heterocycles. The van der Waals surface area contributed by atoms with Crippen LogP contribution in [0.15, 0.2) is 12.2 Å². The molecule has 0 aromatic heterocycles. The minimum absolute atomic E-state index is 0.160. The summed E-state index contributed by atoms with van der Waals surface area (Å²) in [6, 6.07) is 0. The van der Waals surface area contributed by atoms with Crippen molar-refractivity contribution >= 4 is 5.97 Å². The van der Waals surface area contributed by atoms with Gasteiger partial charge in [0.15, 0.2) is 0 Å². The van der Waals surface area contributed by atoms with Gasteiger partial charge < -0.3 is 4.74 Å². The first kappa shape index (κ1) is 17.2. The van der Waals surface area contributed by atoms with Crippen molar-refractivity contribution in [2.75, 3.05) is 7.11 Å². The second-order valence-corrected chi connectivity index (χ2v) is 6.53. The summed E-state index contributed by atoms with van der Waals surface area (Å²) in [5.74, 6) is -0.160. The first-order chi connectivity index (χ1) is 8.06. The molecule has 0 atom stereocenters. The Bertz CT molecular complexity index is 307. The van der Waals surface area contributed by atoms with E-state index in [2.05, 4.69) is 46.8 Å². The van der Waals surface area contributed by atoms with Gasteiger partial charge in [-0.05, 0) is 37.5 Å². The van der Waals surface area contributed by atoms with Crippen LogP contribution in [0, 0.1) is 16.2 Å². The molecule has 0 spiro atoms. The van der Waals surface area contributed by atoms with Crippen LogP contribution in [-0.2, 0) is 9.53 Å². The van der Waals surface area contributed by atoms with Gasteiger partial charge in [-0.1, -0.05) is 46.8 Å². The minimum atomic E-state index is -0.527. The van der Waals surface area contributed by atoms with Gasteiger partial charge in [0.05, 0.1) is 12.5 Å². The summed E-state index contributed by atoms with van der Waals surface area (Å²) >= 11 is 0. The third-order valence-electron chi connectivity index (χ3n) is 4.82. The van der Waals surface area contributed by atoms with Crippen LogP contribution in [0.25, 0.3) is 0 Å². The number of rotatable bonds is 6. The highest BCUT2D eigenvalue weighted by molar-refractivity contribution is 5.77. The van der Waals surface area contributed by atoms with Crippen molar-refractivity contribution in [3.8, 4) is 0 Å². The fourth-order valence-corrected chi connectivity index (χ4v) is 1.62. The zero-order chi connectivity index (χ0) is 14.6. The number of esters is 1. The van der Waals surface area contributed by atoms with Crippen molar-refractivity contribution in [2.45, 2.75) is 61.3 Å². The van der Waals surface area contributed by atoms with Crippen molar-refractivity contribution < 1.29 is 9.53 Å². The molecule has 0 aliphatic rings. The molecule has 0 aliphatic heterocycles. The third-order valence-corrected chi connectivity index (χ3v) is 4.82. The van der Waals surface area contributed by atoms with E-state index in [1.54, 1.807) is 0 Å². The second kappa shape index (κ2) is 5.90. The van der Waals surface area contributed by atoms with Gasteiger partial charge in [-0.25, -0.2) is 0 Å². The third kappa shape index (κ3) is 3.60. The molecule has 0 bridgehead atoms. The zero-order valence-electron chi connectivity index (χ0n) is 13.4. The van der Waals surface area contributed by atoms with Crippen LogP contribution in [0.2, 0.25) is 0 Å². The Labute approximate surface area is 113 Å². The van der Waals surface area contributed by atoms with Crippen LogP contribution in [0.5, 0.6) is 0 Å². The minimum Gasteiger partial charge on any atom is -0.469 e. The fourth-order valence-electron chi connectivity index (χ4n) is 1.62. The number of methoxy groups -OCH3 is 1. The van der Waals surface area contributed by atoms with Crippen LogP contribution in [0.4, 0.5) is 0 Å². The Morgan fingerprint density at radius 3 is 1.78 bits per heavy atom. The predicted octanol–water partition coefficient (Wildman–Crippen LogP) is 4.59. The molecular formula is C16H30O2. The number of hydrogen-bond donors (Lipinski definition) is 0. The molecular weight excluding hydrogens is 224 g/mol. The summed E-state index contributed by atoms with van der Waals surface area (Å²) in [6.07, 6.45) is 6.65. The molecule has 0 saturated carbocycles. The van der Waals surface area contributed by atoms with Gasteiger partial charge in [-0.3, -0.25) is 4.79 Å². The molecule has 0 N–H and O–H groups in total. The topological polar surface area (TPSA) is 26.3 Å². The number of carbonyl (C=O) groups excluding carboxylic acids is 1. The number of hydrogen-bond acceptors (Lipinski definition) is 2. The molecule has 0 unspecified atom stereocenters. The quantitative estimate of drug-likeness (QED) is 0.511. The van der Waals surface area contributed by atoms with E-state index >= 15 is 0 Å². The predicted molar refractivity (Wildman–Crippen MR) is 77.4 cm³/mol. The van der Waals surface area contributed by atoms with Crippen LogP contribution in [0.1, 0.15) is 61.3 Å². The second-order valence-electron chi connectivity index (χ2n) is 6.53. The van der Waals surface area contributed by atoms with E-state index in [-0.39, 0.29) is 16.8 Å². The average Bonchev–Trinajstić information content (AvgIpc) is 2.34. The molecule has 0 aromatic carbocycles. The van der Waals surface area contributed by atoms with Gasteiger partial charge in [0.25, 0.3) is 0 Å². The molecule has 0 aromatic rings. The monoisotopic (exact) mass is 254 g/mol. The van der Waals surface area contributed by atoms with Crippen LogP contribution in [-0.4, -0.2) is 13.1 Å². The molecule has 0 saturated heterocycles. The Morgan fingerprint density at radius 1 is 1.00 bits per heavy atom. The summed E-state index contributed by atoms with van der Waals surface area (Å²) in [7, 11) is 1.45. The highest BCUT2D eigenvalue weighted by Crippen LogP contribution is 2.42. The number of ether oxygens (including phenoxy) is 1. The molecule has 106 valence electrons. The van der Waals surface area contributed by atoms with Crippen LogP contribution in [0.3, 0.4) is 0 Å². The van der Waals surface area contributed by atoms with Gasteiger partial charge in [0, 0.05) is 0 Å². The maximum atomic E-state index is 11.9. The molecule has 0 rings (SSSR count). The number of allylic oxidation sites excluding steroid dienone is 2. The van der Waals surface area contributed by atoms with Crippen LogP contribution >= 0.6 is 0 Å². The first-order valence-electron chi connectivity index (χ1n) is 6.85. The van der Waals surface area contributed by atoms with E-state index in [1.807, 2.05) is 13.8 Å². The average molecular weight is 254 g/mol. The number of carbonyl (C=O) groups is 1. The summed E-state index contributed by atoms with van der Waals surface area (Å²) < 4.78 is 4.91. The van der Waals surface area contributed by atoms with E-state index in [1.165, 1.54) is 7.11 Å². The van der Waals surface area contributed by atoms with Gasteiger partial charge in [-0.15, -0.1) is 0 Å². The van der Waals surface area contributed by atoms with E-state index < -0.39 is 5.41 Å². The Kier molecular flexibility index (Phi) is 5.64. The van der Waals surface area contributed by atoms with Crippen molar-refractivity contribution in [1.82, 2.24) is 0 Å². The van der Waals surface area contributed by atoms with Gasteiger partial charge in [0.1, 0.15) is 0 Å². The molecule has 0 aliphatic carbocycles. The highest BCUT2D eigenvalue weighted by Gasteiger charge is 2.42. The summed E-state index contributed by atoms with van der Waals surface area (Å²) in [5, 5.41) is 0. The standard InChI is InChI=1S/C16H30O2/c1-9-16(7,10-2)12-11-14(3,4)15(5,6)13(17)18-8/h11-12H,9-10H2,1-8H3/b12-11+. The molecule has 18 heavy (non-hydrogen) atoms. The fraction of sp³-hybridized carbons (Fsp3) is 0.812. The SMILES string of the molecule is CCC(C)(/C=C/C(C)(C)C(C)(C)C(=O)OC)CC. The van der Waals surface area contributed by atoms with Crippen molar-refractivity contribution in [1.29, 1.82) is 0 Å². The van der Waals surface area contributed by atoms with E-state index in [9.17, 15) is 4.79 Å². The molecule has 0 fully saturated rings. The maximum Gasteiger partial charge on any atom is 0.312 e. The van der Waals surface area contributed by atoms with E-state index in [0.717, 1.165) is 12.8 Å². The summed E-state index contributed by atoms with van der Waals surface area (Å²) in [6.45, 7) is 14.7. The largest absolute Gasteiger partial charge is 0.469 e. The lowest BCUT2D eigenvalue weighted by Gasteiger charge is -2.37. The smallest absolute Gasteiger partial charge is 0.312 e. The molecule has 0 amide bonds. The van der Waals surface area contributed by atoms with Gasteiger partial charge in [0.2, 0.25) is 0 Å². The van der Waals surface area contributed by atoms with Crippen molar-refractivity contribution in [3.63, 3.8) is 0 Å².